The van der Waals surface area contributed by atoms with Crippen molar-refractivity contribution in [3.8, 4) is 0 Å². The fourth-order valence-electron chi connectivity index (χ4n) is 4.39. The van der Waals surface area contributed by atoms with E-state index in [0.717, 1.165) is 12.1 Å². The third-order valence-corrected chi connectivity index (χ3v) is 6.29. The summed E-state index contributed by atoms with van der Waals surface area (Å²) in [5.41, 5.74) is 2.56. The number of carbonyl (C=O) groups excluding carboxylic acids is 3. The summed E-state index contributed by atoms with van der Waals surface area (Å²) in [5, 5.41) is 2.88. The highest BCUT2D eigenvalue weighted by atomic mass is 19.1. The summed E-state index contributed by atoms with van der Waals surface area (Å²) in [5.74, 6) is -1.00. The van der Waals surface area contributed by atoms with Crippen molar-refractivity contribution in [1.29, 1.82) is 0 Å². The number of anilines is 2. The number of amides is 3. The number of nitrogens with zero attached hydrogens (tertiary/aromatic N) is 3. The van der Waals surface area contributed by atoms with Crippen molar-refractivity contribution in [2.75, 3.05) is 49.5 Å². The zero-order chi connectivity index (χ0) is 26.2. The first kappa shape index (κ1) is 25.9. The summed E-state index contributed by atoms with van der Waals surface area (Å²) in [6, 6.07) is 22.3. The lowest BCUT2D eigenvalue weighted by molar-refractivity contribution is -0.116. The fourth-order valence-corrected chi connectivity index (χ4v) is 4.39. The normalized spacial score (nSPS) is 13.2. The summed E-state index contributed by atoms with van der Waals surface area (Å²) >= 11 is 0. The van der Waals surface area contributed by atoms with Gasteiger partial charge in [-0.05, 0) is 61.0 Å². The Labute approximate surface area is 216 Å². The Bertz CT molecular complexity index is 1230. The Hall–Kier alpha value is -4.20. The van der Waals surface area contributed by atoms with Crippen LogP contribution in [0.4, 0.5) is 15.8 Å². The van der Waals surface area contributed by atoms with Crippen LogP contribution in [0, 0.1) is 5.82 Å². The Morgan fingerprint density at radius 3 is 2.19 bits per heavy atom. The number of rotatable bonds is 8. The van der Waals surface area contributed by atoms with Gasteiger partial charge in [0.05, 0.1) is 0 Å². The fraction of sp³-hybridized carbons (Fsp3) is 0.276. The monoisotopic (exact) mass is 502 g/mol. The lowest BCUT2D eigenvalue weighted by Gasteiger charge is -2.36. The van der Waals surface area contributed by atoms with Crippen LogP contribution in [0.3, 0.4) is 0 Å². The molecule has 0 radical (unpaired) electrons. The SMILES string of the molecule is CCCN(CC(=O)Nc1ccc(N2CCN(C(=O)c3cccc(F)c3)CC2)cc1)C(=O)c1ccccc1. The average Bonchev–Trinajstić information content (AvgIpc) is 2.93. The van der Waals surface area contributed by atoms with Gasteiger partial charge in [0.2, 0.25) is 5.91 Å². The van der Waals surface area contributed by atoms with Gasteiger partial charge in [-0.3, -0.25) is 14.4 Å². The van der Waals surface area contributed by atoms with Gasteiger partial charge in [-0.1, -0.05) is 31.2 Å². The molecule has 0 bridgehead atoms. The van der Waals surface area contributed by atoms with Crippen LogP contribution in [0.1, 0.15) is 34.1 Å². The van der Waals surface area contributed by atoms with Crippen molar-refractivity contribution in [2.24, 2.45) is 0 Å². The van der Waals surface area contributed by atoms with Gasteiger partial charge in [-0.15, -0.1) is 0 Å². The molecule has 0 aromatic heterocycles. The topological polar surface area (TPSA) is 73.0 Å². The third-order valence-electron chi connectivity index (χ3n) is 6.29. The molecule has 0 unspecified atom stereocenters. The molecule has 1 fully saturated rings. The molecule has 1 heterocycles. The molecule has 1 aliphatic rings. The van der Waals surface area contributed by atoms with Crippen molar-refractivity contribution >= 4 is 29.1 Å². The maximum Gasteiger partial charge on any atom is 0.254 e. The quantitative estimate of drug-likeness (QED) is 0.499. The smallest absolute Gasteiger partial charge is 0.254 e. The maximum absolute atomic E-state index is 13.5. The molecule has 0 aliphatic carbocycles. The molecule has 0 atom stereocenters. The minimum absolute atomic E-state index is 0.0232. The van der Waals surface area contributed by atoms with Gasteiger partial charge in [0.15, 0.2) is 0 Å². The second-order valence-electron chi connectivity index (χ2n) is 8.98. The van der Waals surface area contributed by atoms with Gasteiger partial charge in [0.1, 0.15) is 12.4 Å². The molecule has 1 saturated heterocycles. The van der Waals surface area contributed by atoms with E-state index >= 15 is 0 Å². The van der Waals surface area contributed by atoms with E-state index in [4.69, 9.17) is 0 Å². The Kier molecular flexibility index (Phi) is 8.51. The van der Waals surface area contributed by atoms with Crippen LogP contribution in [0.5, 0.6) is 0 Å². The molecule has 3 aromatic carbocycles. The summed E-state index contributed by atoms with van der Waals surface area (Å²) in [7, 11) is 0. The van der Waals surface area contributed by atoms with Crippen LogP contribution in [0.15, 0.2) is 78.9 Å². The van der Waals surface area contributed by atoms with Crippen molar-refractivity contribution in [3.05, 3.63) is 95.8 Å². The third kappa shape index (κ3) is 6.73. The Morgan fingerprint density at radius 2 is 1.54 bits per heavy atom. The first-order chi connectivity index (χ1) is 17.9. The molecule has 3 amide bonds. The predicted molar refractivity (Wildman–Crippen MR) is 142 cm³/mol. The van der Waals surface area contributed by atoms with E-state index in [1.165, 1.54) is 12.1 Å². The van der Waals surface area contributed by atoms with Crippen molar-refractivity contribution < 1.29 is 18.8 Å². The minimum Gasteiger partial charge on any atom is -0.368 e. The number of benzene rings is 3. The molecule has 0 spiro atoms. The van der Waals surface area contributed by atoms with Gasteiger partial charge in [-0.2, -0.15) is 0 Å². The second-order valence-corrected chi connectivity index (χ2v) is 8.98. The molecule has 1 aliphatic heterocycles. The number of hydrogen-bond donors (Lipinski definition) is 1. The van der Waals surface area contributed by atoms with Gasteiger partial charge in [0.25, 0.3) is 11.8 Å². The Morgan fingerprint density at radius 1 is 0.865 bits per heavy atom. The molecular weight excluding hydrogens is 471 g/mol. The van der Waals surface area contributed by atoms with Gasteiger partial charge in [0, 0.05) is 55.2 Å². The van der Waals surface area contributed by atoms with Crippen molar-refractivity contribution in [2.45, 2.75) is 13.3 Å². The number of hydrogen-bond acceptors (Lipinski definition) is 4. The van der Waals surface area contributed by atoms with E-state index in [1.54, 1.807) is 46.2 Å². The van der Waals surface area contributed by atoms with Crippen molar-refractivity contribution in [1.82, 2.24) is 9.80 Å². The number of carbonyl (C=O) groups is 3. The van der Waals surface area contributed by atoms with Gasteiger partial charge >= 0.3 is 0 Å². The van der Waals surface area contributed by atoms with Crippen LogP contribution in [0.2, 0.25) is 0 Å². The minimum atomic E-state index is -0.419. The molecule has 37 heavy (non-hydrogen) atoms. The highest BCUT2D eigenvalue weighted by molar-refractivity contribution is 5.99. The molecule has 8 heteroatoms. The van der Waals surface area contributed by atoms with Crippen LogP contribution in [-0.4, -0.2) is 66.8 Å². The first-order valence-corrected chi connectivity index (χ1v) is 12.5. The van der Waals surface area contributed by atoms with Crippen LogP contribution < -0.4 is 10.2 Å². The van der Waals surface area contributed by atoms with Crippen LogP contribution >= 0.6 is 0 Å². The summed E-state index contributed by atoms with van der Waals surface area (Å²) < 4.78 is 13.5. The summed E-state index contributed by atoms with van der Waals surface area (Å²) in [4.78, 5) is 43.6. The molecule has 192 valence electrons. The van der Waals surface area contributed by atoms with Crippen LogP contribution in [0.25, 0.3) is 0 Å². The standard InChI is InChI=1S/C29H31FN4O3/c1-2-15-34(28(36)22-7-4-3-5-8-22)21-27(35)31-25-11-13-26(14-12-25)32-16-18-33(19-17-32)29(37)23-9-6-10-24(30)20-23/h3-14,20H,2,15-19,21H2,1H3,(H,31,35). The van der Waals surface area contributed by atoms with E-state index in [9.17, 15) is 18.8 Å². The average molecular weight is 503 g/mol. The molecule has 1 N–H and O–H groups in total. The van der Waals surface area contributed by atoms with Gasteiger partial charge in [-0.25, -0.2) is 4.39 Å². The van der Waals surface area contributed by atoms with Crippen molar-refractivity contribution in [3.63, 3.8) is 0 Å². The van der Waals surface area contributed by atoms with Crippen LogP contribution in [-0.2, 0) is 4.79 Å². The number of halogens is 1. The molecule has 0 saturated carbocycles. The molecule has 4 rings (SSSR count). The van der Waals surface area contributed by atoms with E-state index in [1.807, 2.05) is 37.3 Å². The molecular formula is C29H31FN4O3. The number of piperazine rings is 1. The summed E-state index contributed by atoms with van der Waals surface area (Å²) in [6.07, 6.45) is 0.752. The lowest BCUT2D eigenvalue weighted by Crippen LogP contribution is -2.48. The largest absolute Gasteiger partial charge is 0.368 e. The zero-order valence-electron chi connectivity index (χ0n) is 20.9. The van der Waals surface area contributed by atoms with Gasteiger partial charge < -0.3 is 20.0 Å². The van der Waals surface area contributed by atoms with E-state index in [2.05, 4.69) is 10.2 Å². The molecule has 7 nitrogen and oxygen atoms in total. The van der Waals surface area contributed by atoms with E-state index < -0.39 is 5.82 Å². The Balaban J connectivity index is 1.30. The first-order valence-electron chi connectivity index (χ1n) is 12.5. The lowest BCUT2D eigenvalue weighted by atomic mass is 10.1. The predicted octanol–water partition coefficient (Wildman–Crippen LogP) is 4.28. The number of nitrogens with one attached hydrogen (secondary N) is 1. The molecule has 3 aromatic rings. The highest BCUT2D eigenvalue weighted by Crippen LogP contribution is 2.20. The van der Waals surface area contributed by atoms with E-state index in [0.29, 0.717) is 49.5 Å². The summed E-state index contributed by atoms with van der Waals surface area (Å²) in [6.45, 7) is 4.82. The highest BCUT2D eigenvalue weighted by Gasteiger charge is 2.23. The second kappa shape index (κ2) is 12.2. The maximum atomic E-state index is 13.5. The van der Waals surface area contributed by atoms with E-state index in [-0.39, 0.29) is 24.3 Å². The zero-order valence-corrected chi connectivity index (χ0v) is 20.9.